The van der Waals surface area contributed by atoms with Crippen molar-refractivity contribution in [3.8, 4) is 11.5 Å². The highest BCUT2D eigenvalue weighted by atomic mass is 19.1. The summed E-state index contributed by atoms with van der Waals surface area (Å²) < 4.78 is 36.6. The molecule has 0 heterocycles. The zero-order chi connectivity index (χ0) is 11.8. The van der Waals surface area contributed by atoms with Gasteiger partial charge in [-0.05, 0) is 25.0 Å². The van der Waals surface area contributed by atoms with Crippen LogP contribution in [0.15, 0.2) is 12.1 Å². The van der Waals surface area contributed by atoms with Gasteiger partial charge in [-0.15, -0.1) is 0 Å². The Hall–Kier alpha value is -1.36. The van der Waals surface area contributed by atoms with Gasteiger partial charge in [-0.3, -0.25) is 0 Å². The van der Waals surface area contributed by atoms with Gasteiger partial charge in [-0.2, -0.15) is 0 Å². The number of nitrogens with two attached hydrogens (primary N) is 1. The van der Waals surface area contributed by atoms with Crippen molar-refractivity contribution in [3.05, 3.63) is 23.8 Å². The zero-order valence-electron chi connectivity index (χ0n) is 8.93. The summed E-state index contributed by atoms with van der Waals surface area (Å²) in [5.41, 5.74) is 5.41. The summed E-state index contributed by atoms with van der Waals surface area (Å²) in [4.78, 5) is 0. The average Bonchev–Trinajstić information content (AvgIpc) is 2.98. The summed E-state index contributed by atoms with van der Waals surface area (Å²) >= 11 is 0. The Morgan fingerprint density at radius 2 is 1.81 bits per heavy atom. The Balaban J connectivity index is 2.20. The van der Waals surface area contributed by atoms with Crippen LogP contribution >= 0.6 is 0 Å². The quantitative estimate of drug-likeness (QED) is 0.856. The van der Waals surface area contributed by atoms with Gasteiger partial charge in [0.05, 0.1) is 12.6 Å². The first-order valence-electron chi connectivity index (χ1n) is 4.99. The first-order chi connectivity index (χ1) is 7.56. The summed E-state index contributed by atoms with van der Waals surface area (Å²) in [5.74, 6) is -1.73. The van der Waals surface area contributed by atoms with E-state index in [2.05, 4.69) is 0 Å². The van der Waals surface area contributed by atoms with Gasteiger partial charge >= 0.3 is 0 Å². The Kier molecular flexibility index (Phi) is 2.71. The van der Waals surface area contributed by atoms with Crippen molar-refractivity contribution in [1.29, 1.82) is 0 Å². The van der Waals surface area contributed by atoms with Crippen molar-refractivity contribution in [3.63, 3.8) is 0 Å². The van der Waals surface area contributed by atoms with Crippen LogP contribution in [-0.4, -0.2) is 19.3 Å². The lowest BCUT2D eigenvalue weighted by Gasteiger charge is -2.14. The number of hydrogen-bond acceptors (Lipinski definition) is 3. The van der Waals surface area contributed by atoms with Crippen LogP contribution in [0.5, 0.6) is 11.5 Å². The Morgan fingerprint density at radius 3 is 2.31 bits per heavy atom. The lowest BCUT2D eigenvalue weighted by molar-refractivity contribution is 0.247. The van der Waals surface area contributed by atoms with Gasteiger partial charge in [0.15, 0.2) is 23.1 Å². The predicted octanol–water partition coefficient (Wildman–Crippen LogP) is 1.84. The lowest BCUT2D eigenvalue weighted by Crippen LogP contribution is -2.30. The fourth-order valence-electron chi connectivity index (χ4n) is 1.36. The first-order valence-corrected chi connectivity index (χ1v) is 4.99. The van der Waals surface area contributed by atoms with Crippen LogP contribution < -0.4 is 15.2 Å². The standard InChI is InChI=1S/C11H13F2NO2/c1-15-9-7(12)2-3-8(13)10(9)16-6-11(14)4-5-11/h2-3H,4-6,14H2,1H3. The molecule has 1 fully saturated rings. The molecule has 0 amide bonds. The molecule has 2 N–H and O–H groups in total. The molecule has 0 radical (unpaired) electrons. The molecule has 0 saturated heterocycles. The smallest absolute Gasteiger partial charge is 0.200 e. The summed E-state index contributed by atoms with van der Waals surface area (Å²) in [7, 11) is 1.26. The second kappa shape index (κ2) is 3.90. The molecule has 5 heteroatoms. The highest BCUT2D eigenvalue weighted by Gasteiger charge is 2.39. The maximum absolute atomic E-state index is 13.4. The molecule has 1 aliphatic carbocycles. The molecule has 0 aromatic heterocycles. The Morgan fingerprint density at radius 1 is 1.25 bits per heavy atom. The molecule has 1 aromatic rings. The Labute approximate surface area is 92.1 Å². The highest BCUT2D eigenvalue weighted by Crippen LogP contribution is 2.37. The molecule has 88 valence electrons. The second-order valence-electron chi connectivity index (χ2n) is 4.04. The van der Waals surface area contributed by atoms with E-state index in [1.54, 1.807) is 0 Å². The second-order valence-corrected chi connectivity index (χ2v) is 4.04. The van der Waals surface area contributed by atoms with Gasteiger partial charge in [0.1, 0.15) is 6.61 Å². The van der Waals surface area contributed by atoms with E-state index in [0.717, 1.165) is 25.0 Å². The van der Waals surface area contributed by atoms with Crippen LogP contribution in [-0.2, 0) is 0 Å². The van der Waals surface area contributed by atoms with E-state index < -0.39 is 11.6 Å². The van der Waals surface area contributed by atoms with Gasteiger partial charge in [-0.25, -0.2) is 8.78 Å². The summed E-state index contributed by atoms with van der Waals surface area (Å²) in [5, 5.41) is 0. The summed E-state index contributed by atoms with van der Waals surface area (Å²) in [6, 6.07) is 2.00. The predicted molar refractivity (Wildman–Crippen MR) is 54.6 cm³/mol. The third-order valence-corrected chi connectivity index (χ3v) is 2.62. The lowest BCUT2D eigenvalue weighted by atomic mass is 10.3. The molecule has 0 aliphatic heterocycles. The van der Waals surface area contributed by atoms with Crippen LogP contribution in [0, 0.1) is 11.6 Å². The van der Waals surface area contributed by atoms with Crippen LogP contribution in [0.4, 0.5) is 8.78 Å². The number of halogens is 2. The van der Waals surface area contributed by atoms with E-state index in [-0.39, 0.29) is 23.6 Å². The number of rotatable bonds is 4. The monoisotopic (exact) mass is 229 g/mol. The van der Waals surface area contributed by atoms with Crippen molar-refractivity contribution in [2.45, 2.75) is 18.4 Å². The third kappa shape index (κ3) is 2.09. The van der Waals surface area contributed by atoms with Crippen molar-refractivity contribution < 1.29 is 18.3 Å². The number of methoxy groups -OCH3 is 1. The molecule has 16 heavy (non-hydrogen) atoms. The maximum atomic E-state index is 13.4. The molecule has 1 saturated carbocycles. The van der Waals surface area contributed by atoms with Gasteiger partial charge < -0.3 is 15.2 Å². The fourth-order valence-corrected chi connectivity index (χ4v) is 1.36. The highest BCUT2D eigenvalue weighted by molar-refractivity contribution is 5.42. The topological polar surface area (TPSA) is 44.5 Å². The first kappa shape index (κ1) is 11.1. The normalized spacial score (nSPS) is 17.0. The molecule has 3 nitrogen and oxygen atoms in total. The van der Waals surface area contributed by atoms with Crippen LogP contribution in [0.25, 0.3) is 0 Å². The average molecular weight is 229 g/mol. The molecule has 1 aromatic carbocycles. The maximum Gasteiger partial charge on any atom is 0.200 e. The number of benzene rings is 1. The van der Waals surface area contributed by atoms with Crippen molar-refractivity contribution in [2.24, 2.45) is 5.73 Å². The molecule has 1 aliphatic rings. The summed E-state index contributed by atoms with van der Waals surface area (Å²) in [6.07, 6.45) is 1.68. The molecule has 0 unspecified atom stereocenters. The van der Waals surface area contributed by atoms with E-state index in [1.807, 2.05) is 0 Å². The van der Waals surface area contributed by atoms with Gasteiger partial charge in [0, 0.05) is 0 Å². The Bertz CT molecular complexity index is 405. The summed E-state index contributed by atoms with van der Waals surface area (Å²) in [6.45, 7) is 0.170. The van der Waals surface area contributed by atoms with E-state index >= 15 is 0 Å². The zero-order valence-corrected chi connectivity index (χ0v) is 8.93. The molecular formula is C11H13F2NO2. The molecule has 2 rings (SSSR count). The van der Waals surface area contributed by atoms with Crippen LogP contribution in [0.2, 0.25) is 0 Å². The third-order valence-electron chi connectivity index (χ3n) is 2.62. The molecular weight excluding hydrogens is 216 g/mol. The fraction of sp³-hybridized carbons (Fsp3) is 0.455. The van der Waals surface area contributed by atoms with Crippen molar-refractivity contribution in [1.82, 2.24) is 0 Å². The van der Waals surface area contributed by atoms with Crippen LogP contribution in [0.1, 0.15) is 12.8 Å². The SMILES string of the molecule is COc1c(F)ccc(F)c1OCC1(N)CC1. The van der Waals surface area contributed by atoms with E-state index in [0.29, 0.717) is 0 Å². The molecule has 0 spiro atoms. The van der Waals surface area contributed by atoms with E-state index in [4.69, 9.17) is 15.2 Å². The van der Waals surface area contributed by atoms with Gasteiger partial charge in [0.25, 0.3) is 0 Å². The minimum Gasteiger partial charge on any atom is -0.490 e. The van der Waals surface area contributed by atoms with E-state index in [1.165, 1.54) is 7.11 Å². The number of ether oxygens (including phenoxy) is 2. The molecule has 0 bridgehead atoms. The van der Waals surface area contributed by atoms with Crippen molar-refractivity contribution >= 4 is 0 Å². The van der Waals surface area contributed by atoms with Crippen molar-refractivity contribution in [2.75, 3.05) is 13.7 Å². The van der Waals surface area contributed by atoms with Gasteiger partial charge in [-0.1, -0.05) is 0 Å². The minimum atomic E-state index is -0.652. The van der Waals surface area contributed by atoms with Gasteiger partial charge in [0.2, 0.25) is 0 Å². The minimum absolute atomic E-state index is 0.170. The largest absolute Gasteiger partial charge is 0.490 e. The number of hydrogen-bond donors (Lipinski definition) is 1. The van der Waals surface area contributed by atoms with Crippen LogP contribution in [0.3, 0.4) is 0 Å². The van der Waals surface area contributed by atoms with E-state index in [9.17, 15) is 8.78 Å². The molecule has 0 atom stereocenters.